The van der Waals surface area contributed by atoms with E-state index in [-0.39, 0.29) is 5.91 Å². The number of anilines is 1. The Morgan fingerprint density at radius 1 is 1.08 bits per heavy atom. The highest BCUT2D eigenvalue weighted by atomic mass is 35.5. The fraction of sp³-hybridized carbons (Fsp3) is 0.316. The normalized spacial score (nSPS) is 10.3. The molecule has 0 unspecified atom stereocenters. The Hall–Kier alpha value is -2.44. The van der Waals surface area contributed by atoms with Crippen LogP contribution >= 0.6 is 11.6 Å². The molecule has 140 valence electrons. The molecule has 1 N–H and O–H groups in total. The molecule has 0 bridgehead atoms. The third kappa shape index (κ3) is 5.03. The number of para-hydroxylation sites is 1. The van der Waals surface area contributed by atoms with Crippen LogP contribution in [0.5, 0.6) is 17.2 Å². The Labute approximate surface area is 158 Å². The first-order chi connectivity index (χ1) is 12.6. The molecule has 0 aliphatic heterocycles. The number of ether oxygens (including phenoxy) is 4. The first kappa shape index (κ1) is 19.9. The largest absolute Gasteiger partial charge is 0.493 e. The molecule has 26 heavy (non-hydrogen) atoms. The number of benzene rings is 2. The second kappa shape index (κ2) is 9.89. The fourth-order valence-corrected chi connectivity index (χ4v) is 2.49. The average molecular weight is 380 g/mol. The summed E-state index contributed by atoms with van der Waals surface area (Å²) in [6.07, 6.45) is 0. The molecule has 0 heterocycles. The highest BCUT2D eigenvalue weighted by molar-refractivity contribution is 6.32. The Bertz CT molecular complexity index is 751. The van der Waals surface area contributed by atoms with Crippen LogP contribution in [-0.4, -0.2) is 39.9 Å². The molecular weight excluding hydrogens is 358 g/mol. The van der Waals surface area contributed by atoms with Gasteiger partial charge in [-0.3, -0.25) is 4.79 Å². The zero-order chi connectivity index (χ0) is 18.9. The monoisotopic (exact) mass is 379 g/mol. The third-order valence-electron chi connectivity index (χ3n) is 3.47. The van der Waals surface area contributed by atoms with E-state index in [1.54, 1.807) is 50.6 Å². The number of amides is 1. The molecule has 2 aromatic carbocycles. The molecule has 0 aromatic heterocycles. The van der Waals surface area contributed by atoms with Crippen LogP contribution in [0.1, 0.15) is 17.3 Å². The van der Waals surface area contributed by atoms with Crippen molar-refractivity contribution < 1.29 is 23.7 Å². The minimum Gasteiger partial charge on any atom is -0.493 e. The number of rotatable bonds is 9. The molecule has 2 rings (SSSR count). The van der Waals surface area contributed by atoms with Crippen LogP contribution in [0.3, 0.4) is 0 Å². The number of methoxy groups -OCH3 is 2. The van der Waals surface area contributed by atoms with E-state index < -0.39 is 0 Å². The van der Waals surface area contributed by atoms with Gasteiger partial charge in [0.15, 0.2) is 17.2 Å². The zero-order valence-electron chi connectivity index (χ0n) is 15.0. The predicted molar refractivity (Wildman–Crippen MR) is 101 cm³/mol. The molecule has 7 heteroatoms. The summed E-state index contributed by atoms with van der Waals surface area (Å²) in [6, 6.07) is 10.1. The van der Waals surface area contributed by atoms with E-state index in [2.05, 4.69) is 5.32 Å². The summed E-state index contributed by atoms with van der Waals surface area (Å²) in [7, 11) is 3.13. The molecule has 0 saturated heterocycles. The van der Waals surface area contributed by atoms with Crippen LogP contribution in [-0.2, 0) is 4.74 Å². The molecular formula is C19H22ClNO5. The van der Waals surface area contributed by atoms with Gasteiger partial charge in [0, 0.05) is 12.7 Å². The Balaban J connectivity index is 2.22. The predicted octanol–water partition coefficient (Wildman–Crippen LogP) is 4.02. The van der Waals surface area contributed by atoms with E-state index in [0.29, 0.717) is 53.3 Å². The number of halogens is 1. The maximum absolute atomic E-state index is 12.6. The van der Waals surface area contributed by atoms with Crippen LogP contribution in [0.25, 0.3) is 0 Å². The number of carbonyl (C=O) groups is 1. The summed E-state index contributed by atoms with van der Waals surface area (Å²) in [4.78, 5) is 12.6. The lowest BCUT2D eigenvalue weighted by Crippen LogP contribution is -2.14. The summed E-state index contributed by atoms with van der Waals surface area (Å²) in [5.74, 6) is 1.16. The lowest BCUT2D eigenvalue weighted by molar-refractivity contribution is 0.102. The van der Waals surface area contributed by atoms with E-state index >= 15 is 0 Å². The van der Waals surface area contributed by atoms with Gasteiger partial charge in [0.2, 0.25) is 0 Å². The Morgan fingerprint density at radius 2 is 1.88 bits per heavy atom. The lowest BCUT2D eigenvalue weighted by atomic mass is 10.1. The van der Waals surface area contributed by atoms with Gasteiger partial charge in [-0.15, -0.1) is 0 Å². The number of hydrogen-bond acceptors (Lipinski definition) is 5. The Kier molecular flexibility index (Phi) is 7.56. The molecule has 0 aliphatic carbocycles. The van der Waals surface area contributed by atoms with Crippen LogP contribution in [0, 0.1) is 0 Å². The molecule has 0 aliphatic rings. The molecule has 0 saturated carbocycles. The van der Waals surface area contributed by atoms with Crippen molar-refractivity contribution in [2.75, 3.05) is 39.4 Å². The molecule has 2 aromatic rings. The smallest absolute Gasteiger partial charge is 0.255 e. The SMILES string of the molecule is CCOc1cc(C(=O)Nc2cccc(Cl)c2OCCOC)ccc1OC. The van der Waals surface area contributed by atoms with E-state index in [4.69, 9.17) is 30.5 Å². The van der Waals surface area contributed by atoms with Crippen LogP contribution in [0.2, 0.25) is 5.02 Å². The van der Waals surface area contributed by atoms with Gasteiger partial charge in [0.1, 0.15) is 6.61 Å². The second-order valence-electron chi connectivity index (χ2n) is 5.21. The van der Waals surface area contributed by atoms with E-state index in [1.807, 2.05) is 6.92 Å². The summed E-state index contributed by atoms with van der Waals surface area (Å²) in [6.45, 7) is 3.06. The first-order valence-electron chi connectivity index (χ1n) is 8.13. The van der Waals surface area contributed by atoms with Gasteiger partial charge in [-0.05, 0) is 37.3 Å². The second-order valence-corrected chi connectivity index (χ2v) is 5.62. The van der Waals surface area contributed by atoms with Crippen molar-refractivity contribution in [3.63, 3.8) is 0 Å². The standard InChI is InChI=1S/C19H22ClNO5/c1-4-25-17-12-13(8-9-16(17)24-3)19(22)21-15-7-5-6-14(20)18(15)26-11-10-23-2/h5-9,12H,4,10-11H2,1-3H3,(H,21,22). The van der Waals surface area contributed by atoms with Gasteiger partial charge in [-0.1, -0.05) is 17.7 Å². The van der Waals surface area contributed by atoms with Gasteiger partial charge in [0.25, 0.3) is 5.91 Å². The third-order valence-corrected chi connectivity index (χ3v) is 3.77. The average Bonchev–Trinajstić information content (AvgIpc) is 2.64. The van der Waals surface area contributed by atoms with Crippen molar-refractivity contribution in [1.82, 2.24) is 0 Å². The molecule has 6 nitrogen and oxygen atoms in total. The quantitative estimate of drug-likeness (QED) is 0.666. The Morgan fingerprint density at radius 3 is 2.58 bits per heavy atom. The lowest BCUT2D eigenvalue weighted by Gasteiger charge is -2.15. The van der Waals surface area contributed by atoms with E-state index in [1.165, 1.54) is 0 Å². The van der Waals surface area contributed by atoms with Gasteiger partial charge in [0.05, 0.1) is 31.0 Å². The minimum absolute atomic E-state index is 0.313. The maximum atomic E-state index is 12.6. The van der Waals surface area contributed by atoms with Gasteiger partial charge >= 0.3 is 0 Å². The van der Waals surface area contributed by atoms with E-state index in [0.717, 1.165) is 0 Å². The summed E-state index contributed by atoms with van der Waals surface area (Å²) >= 11 is 6.19. The van der Waals surface area contributed by atoms with Crippen LogP contribution in [0.15, 0.2) is 36.4 Å². The zero-order valence-corrected chi connectivity index (χ0v) is 15.8. The summed E-state index contributed by atoms with van der Waals surface area (Å²) in [5.41, 5.74) is 0.907. The van der Waals surface area contributed by atoms with Crippen molar-refractivity contribution in [1.29, 1.82) is 0 Å². The van der Waals surface area contributed by atoms with Gasteiger partial charge < -0.3 is 24.3 Å². The highest BCUT2D eigenvalue weighted by Gasteiger charge is 2.15. The van der Waals surface area contributed by atoms with Crippen molar-refractivity contribution in [2.45, 2.75) is 6.92 Å². The van der Waals surface area contributed by atoms with Crippen molar-refractivity contribution in [2.24, 2.45) is 0 Å². The van der Waals surface area contributed by atoms with Crippen molar-refractivity contribution >= 4 is 23.2 Å². The molecule has 0 atom stereocenters. The maximum Gasteiger partial charge on any atom is 0.255 e. The topological polar surface area (TPSA) is 66.0 Å². The number of carbonyl (C=O) groups excluding carboxylic acids is 1. The number of nitrogens with one attached hydrogen (secondary N) is 1. The fourth-order valence-electron chi connectivity index (χ4n) is 2.26. The molecule has 0 radical (unpaired) electrons. The van der Waals surface area contributed by atoms with Crippen LogP contribution in [0.4, 0.5) is 5.69 Å². The first-order valence-corrected chi connectivity index (χ1v) is 8.51. The number of hydrogen-bond donors (Lipinski definition) is 1. The molecule has 0 spiro atoms. The van der Waals surface area contributed by atoms with Crippen molar-refractivity contribution in [3.8, 4) is 17.2 Å². The molecule has 1 amide bonds. The van der Waals surface area contributed by atoms with Crippen molar-refractivity contribution in [3.05, 3.63) is 47.0 Å². The highest BCUT2D eigenvalue weighted by Crippen LogP contribution is 2.34. The van der Waals surface area contributed by atoms with Gasteiger partial charge in [-0.25, -0.2) is 0 Å². The van der Waals surface area contributed by atoms with E-state index in [9.17, 15) is 4.79 Å². The summed E-state index contributed by atoms with van der Waals surface area (Å²) < 4.78 is 21.3. The summed E-state index contributed by atoms with van der Waals surface area (Å²) in [5, 5.41) is 3.22. The van der Waals surface area contributed by atoms with Crippen LogP contribution < -0.4 is 19.5 Å². The molecule has 0 fully saturated rings. The van der Waals surface area contributed by atoms with Gasteiger partial charge in [-0.2, -0.15) is 0 Å². The minimum atomic E-state index is -0.313.